The number of pyridine rings is 1. The smallest absolute Gasteiger partial charge is 0.265 e. The van der Waals surface area contributed by atoms with Gasteiger partial charge in [0.15, 0.2) is 0 Å². The van der Waals surface area contributed by atoms with Crippen molar-refractivity contribution in [1.82, 2.24) is 9.88 Å². The Balaban J connectivity index is 2.46. The number of hydrogen-bond acceptors (Lipinski definition) is 5. The number of nitrogen functional groups attached to an aromatic ring is 1. The molecule has 1 amide bonds. The molecule has 0 bridgehead atoms. The summed E-state index contributed by atoms with van der Waals surface area (Å²) in [6, 6.07) is 3.99. The molecule has 0 spiro atoms. The number of aryl methyl sites for hydroxylation is 2. The van der Waals surface area contributed by atoms with Gasteiger partial charge in [-0.25, -0.2) is 4.98 Å². The predicted octanol–water partition coefficient (Wildman–Crippen LogP) is 2.48. The van der Waals surface area contributed by atoms with Crippen LogP contribution in [0.2, 0.25) is 0 Å². The van der Waals surface area contributed by atoms with Crippen molar-refractivity contribution in [2.45, 2.75) is 20.3 Å². The van der Waals surface area contributed by atoms with Crippen molar-refractivity contribution in [1.29, 1.82) is 5.26 Å². The van der Waals surface area contributed by atoms with Crippen LogP contribution in [0.25, 0.3) is 10.2 Å². The number of carbonyl (C=O) groups excluding carboxylic acids is 1. The molecule has 6 heteroatoms. The number of rotatable bonds is 3. The summed E-state index contributed by atoms with van der Waals surface area (Å²) < 4.78 is 0. The second kappa shape index (κ2) is 5.47. The topological polar surface area (TPSA) is 83.0 Å². The second-order valence-corrected chi connectivity index (χ2v) is 5.74. The van der Waals surface area contributed by atoms with Gasteiger partial charge in [0.05, 0.1) is 18.2 Å². The molecule has 2 rings (SSSR count). The minimum Gasteiger partial charge on any atom is -0.397 e. The number of hydrogen-bond donors (Lipinski definition) is 1. The molecule has 0 aliphatic heterocycles. The van der Waals surface area contributed by atoms with E-state index < -0.39 is 0 Å². The van der Waals surface area contributed by atoms with Crippen molar-refractivity contribution in [2.75, 3.05) is 19.3 Å². The summed E-state index contributed by atoms with van der Waals surface area (Å²) in [6.07, 6.45) is 0.309. The molecule has 0 fully saturated rings. The normalized spacial score (nSPS) is 10.5. The molecule has 0 aliphatic rings. The van der Waals surface area contributed by atoms with Gasteiger partial charge in [-0.05, 0) is 25.5 Å². The van der Waals surface area contributed by atoms with Crippen LogP contribution in [-0.2, 0) is 0 Å². The van der Waals surface area contributed by atoms with Crippen LogP contribution in [0.3, 0.4) is 0 Å². The molecule has 2 aromatic heterocycles. The molecule has 20 heavy (non-hydrogen) atoms. The fourth-order valence-electron chi connectivity index (χ4n) is 2.12. The van der Waals surface area contributed by atoms with Gasteiger partial charge in [0.1, 0.15) is 9.71 Å². The molecule has 0 saturated heterocycles. The van der Waals surface area contributed by atoms with Crippen molar-refractivity contribution in [2.24, 2.45) is 0 Å². The number of fused-ring (bicyclic) bond motifs is 1. The molecule has 0 saturated carbocycles. The van der Waals surface area contributed by atoms with Gasteiger partial charge in [0.25, 0.3) is 5.91 Å². The molecule has 2 N–H and O–H groups in total. The lowest BCUT2D eigenvalue weighted by molar-refractivity contribution is 0.0803. The predicted molar refractivity (Wildman–Crippen MR) is 80.7 cm³/mol. The van der Waals surface area contributed by atoms with Crippen LogP contribution < -0.4 is 5.73 Å². The Morgan fingerprint density at radius 2 is 2.25 bits per heavy atom. The van der Waals surface area contributed by atoms with E-state index in [0.717, 1.165) is 21.5 Å². The summed E-state index contributed by atoms with van der Waals surface area (Å²) in [5, 5.41) is 9.44. The molecule has 0 radical (unpaired) electrons. The number of amides is 1. The van der Waals surface area contributed by atoms with Gasteiger partial charge in [-0.15, -0.1) is 11.3 Å². The molecular formula is C14H16N4OS. The standard InChI is InChI=1S/C14H16N4OS/c1-8-7-9(2)17-13-10(8)11(16)12(20-13)14(19)18(3)6-4-5-15/h7H,4,6,16H2,1-3H3. The molecule has 2 aromatic rings. The minimum atomic E-state index is -0.155. The lowest BCUT2D eigenvalue weighted by Crippen LogP contribution is -2.27. The third kappa shape index (κ3) is 2.45. The molecule has 0 unspecified atom stereocenters. The van der Waals surface area contributed by atoms with Crippen molar-refractivity contribution < 1.29 is 4.79 Å². The first-order valence-electron chi connectivity index (χ1n) is 6.24. The SMILES string of the molecule is Cc1cc(C)c2c(N)c(C(=O)N(C)CCC#N)sc2n1. The summed E-state index contributed by atoms with van der Waals surface area (Å²) in [6.45, 7) is 4.28. The molecule has 0 atom stereocenters. The van der Waals surface area contributed by atoms with Crippen LogP contribution >= 0.6 is 11.3 Å². The molecular weight excluding hydrogens is 272 g/mol. The number of aromatic nitrogens is 1. The Kier molecular flexibility index (Phi) is 3.91. The average Bonchev–Trinajstić information content (AvgIpc) is 2.72. The van der Waals surface area contributed by atoms with Gasteiger partial charge in [-0.3, -0.25) is 4.79 Å². The largest absolute Gasteiger partial charge is 0.397 e. The summed E-state index contributed by atoms with van der Waals surface area (Å²) in [4.78, 5) is 19.6. The minimum absolute atomic E-state index is 0.155. The van der Waals surface area contributed by atoms with Gasteiger partial charge in [0.2, 0.25) is 0 Å². The van der Waals surface area contributed by atoms with E-state index in [9.17, 15) is 4.79 Å². The quantitative estimate of drug-likeness (QED) is 0.940. The number of anilines is 1. The maximum Gasteiger partial charge on any atom is 0.265 e. The highest BCUT2D eigenvalue weighted by Crippen LogP contribution is 2.35. The van der Waals surface area contributed by atoms with Gasteiger partial charge in [0, 0.05) is 24.7 Å². The second-order valence-electron chi connectivity index (χ2n) is 4.74. The van der Waals surface area contributed by atoms with Crippen molar-refractivity contribution in [3.8, 4) is 6.07 Å². The van der Waals surface area contributed by atoms with Crippen LogP contribution in [-0.4, -0.2) is 29.4 Å². The monoisotopic (exact) mass is 288 g/mol. The van der Waals surface area contributed by atoms with Crippen molar-refractivity contribution in [3.63, 3.8) is 0 Å². The first kappa shape index (κ1) is 14.3. The highest BCUT2D eigenvalue weighted by Gasteiger charge is 2.21. The van der Waals surface area contributed by atoms with Crippen LogP contribution in [0.5, 0.6) is 0 Å². The first-order chi connectivity index (χ1) is 9.45. The lowest BCUT2D eigenvalue weighted by atomic mass is 10.1. The van der Waals surface area contributed by atoms with Gasteiger partial charge in [-0.1, -0.05) is 0 Å². The van der Waals surface area contributed by atoms with Crippen LogP contribution in [0, 0.1) is 25.2 Å². The van der Waals surface area contributed by atoms with E-state index in [1.165, 1.54) is 16.2 Å². The Bertz CT molecular complexity index is 714. The van der Waals surface area contributed by atoms with Crippen LogP contribution in [0.4, 0.5) is 5.69 Å². The number of thiophene rings is 1. The maximum atomic E-state index is 12.4. The van der Waals surface area contributed by atoms with Crippen LogP contribution in [0.15, 0.2) is 6.07 Å². The molecule has 5 nitrogen and oxygen atoms in total. The Morgan fingerprint density at radius 3 is 2.90 bits per heavy atom. The van der Waals surface area contributed by atoms with Gasteiger partial charge >= 0.3 is 0 Å². The van der Waals surface area contributed by atoms with Crippen molar-refractivity contribution >= 4 is 33.1 Å². The zero-order chi connectivity index (χ0) is 14.9. The summed E-state index contributed by atoms with van der Waals surface area (Å²) in [5.41, 5.74) is 8.54. The zero-order valence-corrected chi connectivity index (χ0v) is 12.5. The number of nitrogens with two attached hydrogens (primary N) is 1. The van der Waals surface area contributed by atoms with Gasteiger partial charge < -0.3 is 10.6 Å². The fourth-order valence-corrected chi connectivity index (χ4v) is 3.33. The highest BCUT2D eigenvalue weighted by molar-refractivity contribution is 7.21. The Morgan fingerprint density at radius 1 is 1.55 bits per heavy atom. The fraction of sp³-hybridized carbons (Fsp3) is 0.357. The van der Waals surface area contributed by atoms with E-state index in [1.807, 2.05) is 26.0 Å². The van der Waals surface area contributed by atoms with Gasteiger partial charge in [-0.2, -0.15) is 5.26 Å². The Labute approximate surface area is 121 Å². The summed E-state index contributed by atoms with van der Waals surface area (Å²) in [5.74, 6) is -0.155. The lowest BCUT2D eigenvalue weighted by Gasteiger charge is -2.14. The number of carbonyl (C=O) groups is 1. The molecule has 2 heterocycles. The van der Waals surface area contributed by atoms with E-state index >= 15 is 0 Å². The van der Waals surface area contributed by atoms with E-state index in [-0.39, 0.29) is 5.91 Å². The summed E-state index contributed by atoms with van der Waals surface area (Å²) in [7, 11) is 1.68. The third-order valence-electron chi connectivity index (χ3n) is 3.12. The molecule has 0 aliphatic carbocycles. The van der Waals surface area contributed by atoms with E-state index in [2.05, 4.69) is 4.98 Å². The number of nitrogens with zero attached hydrogens (tertiary/aromatic N) is 3. The Hall–Kier alpha value is -2.13. The average molecular weight is 288 g/mol. The zero-order valence-electron chi connectivity index (χ0n) is 11.7. The first-order valence-corrected chi connectivity index (χ1v) is 7.06. The third-order valence-corrected chi connectivity index (χ3v) is 4.21. The van der Waals surface area contributed by atoms with Crippen molar-refractivity contribution in [3.05, 3.63) is 22.2 Å². The summed E-state index contributed by atoms with van der Waals surface area (Å²) >= 11 is 1.31. The molecule has 0 aromatic carbocycles. The number of nitriles is 1. The highest BCUT2D eigenvalue weighted by atomic mass is 32.1. The van der Waals surface area contributed by atoms with Crippen LogP contribution in [0.1, 0.15) is 27.3 Å². The van der Waals surface area contributed by atoms with E-state index in [1.54, 1.807) is 7.05 Å². The van der Waals surface area contributed by atoms with E-state index in [4.69, 9.17) is 11.0 Å². The maximum absolute atomic E-state index is 12.4. The van der Waals surface area contributed by atoms with E-state index in [0.29, 0.717) is 23.5 Å². The molecule has 104 valence electrons.